The Bertz CT molecular complexity index is 589. The van der Waals surface area contributed by atoms with E-state index < -0.39 is 0 Å². The van der Waals surface area contributed by atoms with Gasteiger partial charge in [-0.25, -0.2) is 0 Å². The van der Waals surface area contributed by atoms with Crippen molar-refractivity contribution in [3.8, 4) is 5.88 Å². The van der Waals surface area contributed by atoms with Gasteiger partial charge in [0, 0.05) is 30.7 Å². The first-order chi connectivity index (χ1) is 10.9. The Morgan fingerprint density at radius 1 is 1.26 bits per heavy atom. The number of hydrogen-bond acceptors (Lipinski definition) is 5. The highest BCUT2D eigenvalue weighted by atomic mass is 16.5. The number of likely N-dealkylation sites (tertiary alicyclic amines) is 1. The van der Waals surface area contributed by atoms with Crippen LogP contribution in [0.5, 0.6) is 5.88 Å². The summed E-state index contributed by atoms with van der Waals surface area (Å²) in [6.07, 6.45) is 1.95. The summed E-state index contributed by atoms with van der Waals surface area (Å²) in [5.74, 6) is 1.33. The number of carbonyl (C=O) groups is 1. The number of rotatable bonds is 2. The van der Waals surface area contributed by atoms with Crippen molar-refractivity contribution in [1.82, 2.24) is 9.88 Å². The van der Waals surface area contributed by atoms with Gasteiger partial charge in [-0.15, -0.1) is 0 Å². The Balaban J connectivity index is 1.82. The molecule has 1 N–H and O–H groups in total. The van der Waals surface area contributed by atoms with E-state index in [-0.39, 0.29) is 17.5 Å². The fourth-order valence-electron chi connectivity index (χ4n) is 3.41. The van der Waals surface area contributed by atoms with Crippen LogP contribution in [0.3, 0.4) is 0 Å². The minimum atomic E-state index is 0.0902. The first-order valence-electron chi connectivity index (χ1n) is 8.26. The zero-order valence-corrected chi connectivity index (χ0v) is 14.4. The predicted molar refractivity (Wildman–Crippen MR) is 91.1 cm³/mol. The summed E-state index contributed by atoms with van der Waals surface area (Å²) in [6, 6.07) is 3.97. The fraction of sp³-hybridized carbons (Fsp3) is 0.647. The zero-order chi connectivity index (χ0) is 16.6. The van der Waals surface area contributed by atoms with Gasteiger partial charge in [0.1, 0.15) is 0 Å². The molecule has 0 radical (unpaired) electrons. The quantitative estimate of drug-likeness (QED) is 0.905. The van der Waals surface area contributed by atoms with Crippen LogP contribution in [0.25, 0.3) is 0 Å². The van der Waals surface area contributed by atoms with Crippen LogP contribution in [0, 0.1) is 0 Å². The van der Waals surface area contributed by atoms with E-state index in [1.165, 1.54) is 0 Å². The Kier molecular flexibility index (Phi) is 4.19. The van der Waals surface area contributed by atoms with Gasteiger partial charge in [0.05, 0.1) is 19.3 Å². The fourth-order valence-corrected chi connectivity index (χ4v) is 3.41. The van der Waals surface area contributed by atoms with E-state index in [1.54, 1.807) is 7.11 Å². The molecule has 0 aromatic carbocycles. The van der Waals surface area contributed by atoms with E-state index in [9.17, 15) is 4.79 Å². The van der Waals surface area contributed by atoms with Crippen LogP contribution in [-0.4, -0.2) is 54.1 Å². The second kappa shape index (κ2) is 6.00. The molecule has 23 heavy (non-hydrogen) atoms. The molecular formula is C17H26N4O2. The third-order valence-electron chi connectivity index (χ3n) is 4.76. The van der Waals surface area contributed by atoms with Crippen molar-refractivity contribution >= 4 is 17.4 Å². The van der Waals surface area contributed by atoms with E-state index in [2.05, 4.69) is 36.0 Å². The third kappa shape index (κ3) is 3.13. The summed E-state index contributed by atoms with van der Waals surface area (Å²) in [4.78, 5) is 21.4. The number of fused-ring (bicyclic) bond motifs is 1. The summed E-state index contributed by atoms with van der Waals surface area (Å²) in [7, 11) is 1.60. The van der Waals surface area contributed by atoms with Crippen molar-refractivity contribution in [2.45, 2.75) is 45.2 Å². The SMILES string of the molecule is COc1ccc2c(n1)N(C1CCN(C(C)(C)C)CC1)C(=O)CN2. The number of amides is 1. The summed E-state index contributed by atoms with van der Waals surface area (Å²) in [5, 5.41) is 3.15. The lowest BCUT2D eigenvalue weighted by Crippen LogP contribution is -2.54. The van der Waals surface area contributed by atoms with Crippen molar-refractivity contribution in [3.05, 3.63) is 12.1 Å². The molecule has 3 heterocycles. The van der Waals surface area contributed by atoms with Crippen molar-refractivity contribution < 1.29 is 9.53 Å². The molecule has 1 amide bonds. The molecule has 0 bridgehead atoms. The third-order valence-corrected chi connectivity index (χ3v) is 4.76. The van der Waals surface area contributed by atoms with E-state index in [0.717, 1.165) is 31.6 Å². The maximum atomic E-state index is 12.5. The number of pyridine rings is 1. The molecule has 1 saturated heterocycles. The van der Waals surface area contributed by atoms with Crippen LogP contribution >= 0.6 is 0 Å². The van der Waals surface area contributed by atoms with Gasteiger partial charge in [-0.1, -0.05) is 0 Å². The van der Waals surface area contributed by atoms with Gasteiger partial charge < -0.3 is 10.1 Å². The molecule has 0 spiro atoms. The van der Waals surface area contributed by atoms with Gasteiger partial charge in [-0.2, -0.15) is 4.98 Å². The molecule has 1 aromatic rings. The summed E-state index contributed by atoms with van der Waals surface area (Å²) in [6.45, 7) is 9.07. The van der Waals surface area contributed by atoms with Crippen LogP contribution in [0.2, 0.25) is 0 Å². The molecule has 126 valence electrons. The average Bonchev–Trinajstić information content (AvgIpc) is 2.53. The normalized spacial score (nSPS) is 20.2. The lowest BCUT2D eigenvalue weighted by molar-refractivity contribution is -0.118. The number of piperidine rings is 1. The molecule has 0 unspecified atom stereocenters. The van der Waals surface area contributed by atoms with Crippen molar-refractivity contribution in [3.63, 3.8) is 0 Å². The zero-order valence-electron chi connectivity index (χ0n) is 14.4. The van der Waals surface area contributed by atoms with Crippen LogP contribution in [0.15, 0.2) is 12.1 Å². The molecule has 1 fully saturated rings. The van der Waals surface area contributed by atoms with Crippen molar-refractivity contribution in [2.75, 3.05) is 37.0 Å². The van der Waals surface area contributed by atoms with Gasteiger partial charge in [0.2, 0.25) is 11.8 Å². The molecule has 0 atom stereocenters. The molecule has 0 saturated carbocycles. The number of carbonyl (C=O) groups excluding carboxylic acids is 1. The smallest absolute Gasteiger partial charge is 0.247 e. The summed E-state index contributed by atoms with van der Waals surface area (Å²) >= 11 is 0. The van der Waals surface area contributed by atoms with E-state index in [0.29, 0.717) is 18.2 Å². The topological polar surface area (TPSA) is 57.7 Å². The highest BCUT2D eigenvalue weighted by Gasteiger charge is 2.36. The molecule has 0 aliphatic carbocycles. The number of nitrogens with zero attached hydrogens (tertiary/aromatic N) is 3. The predicted octanol–water partition coefficient (Wildman–Crippen LogP) is 2.11. The van der Waals surface area contributed by atoms with Gasteiger partial charge in [-0.05, 0) is 39.7 Å². The number of ether oxygens (including phenoxy) is 1. The standard InChI is InChI=1S/C17H26N4O2/c1-17(2,3)20-9-7-12(8-10-20)21-15(22)11-18-13-5-6-14(23-4)19-16(13)21/h5-6,12,18H,7-11H2,1-4H3. The lowest BCUT2D eigenvalue weighted by atomic mass is 9.96. The molecule has 2 aliphatic heterocycles. The van der Waals surface area contributed by atoms with Gasteiger partial charge in [0.15, 0.2) is 5.82 Å². The number of nitrogens with one attached hydrogen (secondary N) is 1. The maximum Gasteiger partial charge on any atom is 0.247 e. The lowest BCUT2D eigenvalue weighted by Gasteiger charge is -2.44. The summed E-state index contributed by atoms with van der Waals surface area (Å²) in [5.41, 5.74) is 1.08. The maximum absolute atomic E-state index is 12.5. The largest absolute Gasteiger partial charge is 0.481 e. The number of anilines is 2. The molecule has 1 aromatic heterocycles. The van der Waals surface area contributed by atoms with E-state index in [1.807, 2.05) is 17.0 Å². The average molecular weight is 318 g/mol. The Labute approximate surface area is 137 Å². The minimum absolute atomic E-state index is 0.0902. The Hall–Kier alpha value is -1.82. The summed E-state index contributed by atoms with van der Waals surface area (Å²) < 4.78 is 5.23. The first kappa shape index (κ1) is 16.1. The van der Waals surface area contributed by atoms with Gasteiger partial charge in [0.25, 0.3) is 0 Å². The van der Waals surface area contributed by atoms with Gasteiger partial charge in [-0.3, -0.25) is 14.6 Å². The number of aromatic nitrogens is 1. The van der Waals surface area contributed by atoms with Crippen molar-refractivity contribution in [1.29, 1.82) is 0 Å². The second-order valence-electron chi connectivity index (χ2n) is 7.23. The second-order valence-corrected chi connectivity index (χ2v) is 7.23. The van der Waals surface area contributed by atoms with Gasteiger partial charge >= 0.3 is 0 Å². The minimum Gasteiger partial charge on any atom is -0.481 e. The van der Waals surface area contributed by atoms with E-state index in [4.69, 9.17) is 4.74 Å². The molecule has 2 aliphatic rings. The van der Waals surface area contributed by atoms with Crippen LogP contribution in [0.1, 0.15) is 33.6 Å². The van der Waals surface area contributed by atoms with Crippen molar-refractivity contribution in [2.24, 2.45) is 0 Å². The van der Waals surface area contributed by atoms with Crippen LogP contribution in [-0.2, 0) is 4.79 Å². The highest BCUT2D eigenvalue weighted by Crippen LogP contribution is 2.34. The van der Waals surface area contributed by atoms with Crippen LogP contribution in [0.4, 0.5) is 11.5 Å². The molecule has 6 nitrogen and oxygen atoms in total. The van der Waals surface area contributed by atoms with E-state index >= 15 is 0 Å². The number of methoxy groups -OCH3 is 1. The highest BCUT2D eigenvalue weighted by molar-refractivity contribution is 6.02. The van der Waals surface area contributed by atoms with Crippen LogP contribution < -0.4 is 15.0 Å². The molecular weight excluding hydrogens is 292 g/mol. The molecule has 6 heteroatoms. The molecule has 3 rings (SSSR count). The number of hydrogen-bond donors (Lipinski definition) is 1. The Morgan fingerprint density at radius 3 is 2.57 bits per heavy atom. The monoisotopic (exact) mass is 318 g/mol. The Morgan fingerprint density at radius 2 is 1.96 bits per heavy atom. The first-order valence-corrected chi connectivity index (χ1v) is 8.26.